The minimum atomic E-state index is -4.74. The molecule has 1 rings (SSSR count). The molecule has 1 saturated heterocycles. The summed E-state index contributed by atoms with van der Waals surface area (Å²) in [6, 6.07) is 0. The Kier molecular flexibility index (Phi) is 5.32. The zero-order valence-electron chi connectivity index (χ0n) is 9.09. The van der Waals surface area contributed by atoms with Gasteiger partial charge < -0.3 is 9.47 Å². The highest BCUT2D eigenvalue weighted by Crippen LogP contribution is 2.25. The Morgan fingerprint density at radius 3 is 2.88 bits per heavy atom. The molecule has 0 spiro atoms. The summed E-state index contributed by atoms with van der Waals surface area (Å²) in [7, 11) is 0. The van der Waals surface area contributed by atoms with Gasteiger partial charge in [0, 0.05) is 12.4 Å². The van der Waals surface area contributed by atoms with Crippen molar-refractivity contribution in [3.8, 4) is 0 Å². The van der Waals surface area contributed by atoms with Gasteiger partial charge in [-0.05, 0) is 12.2 Å². The van der Waals surface area contributed by atoms with E-state index in [9.17, 15) is 18.0 Å². The molecule has 3 nitrogen and oxygen atoms in total. The summed E-state index contributed by atoms with van der Waals surface area (Å²) in [5, 5.41) is 0. The fraction of sp³-hybridized carbons (Fsp3) is 0.700. The first kappa shape index (κ1) is 14.4. The van der Waals surface area contributed by atoms with E-state index in [1.165, 1.54) is 0 Å². The van der Waals surface area contributed by atoms with Crippen molar-refractivity contribution in [1.82, 2.24) is 0 Å². The van der Waals surface area contributed by atoms with Crippen LogP contribution in [0.4, 0.5) is 13.2 Å². The molecular formula is C10H13F3O3S. The van der Waals surface area contributed by atoms with Crippen LogP contribution in [0.2, 0.25) is 0 Å². The van der Waals surface area contributed by atoms with Gasteiger partial charge >= 0.3 is 12.1 Å². The Balaban J connectivity index is 2.34. The molecule has 1 fully saturated rings. The maximum atomic E-state index is 12.1. The van der Waals surface area contributed by atoms with Gasteiger partial charge in [0.2, 0.25) is 0 Å². The highest BCUT2D eigenvalue weighted by atomic mass is 32.2. The number of carbonyl (C=O) groups is 1. The monoisotopic (exact) mass is 270 g/mol. The molecule has 1 unspecified atom stereocenters. The standard InChI is InChI=1S/C10H13F3O3S/c1-7(10(11,12)13)9(14)16-5-8-6-17-4-2-3-15-8/h8H,1-6H2. The third-order valence-corrected chi connectivity index (χ3v) is 3.26. The van der Waals surface area contributed by atoms with Crippen molar-refractivity contribution in [2.45, 2.75) is 18.7 Å². The van der Waals surface area contributed by atoms with Gasteiger partial charge in [-0.2, -0.15) is 24.9 Å². The fourth-order valence-electron chi connectivity index (χ4n) is 1.14. The summed E-state index contributed by atoms with van der Waals surface area (Å²) >= 11 is 1.63. The van der Waals surface area contributed by atoms with Gasteiger partial charge in [-0.1, -0.05) is 6.58 Å². The van der Waals surface area contributed by atoms with Crippen LogP contribution in [0.5, 0.6) is 0 Å². The van der Waals surface area contributed by atoms with E-state index in [1.807, 2.05) is 0 Å². The van der Waals surface area contributed by atoms with Gasteiger partial charge in [-0.3, -0.25) is 0 Å². The number of hydrogen-bond donors (Lipinski definition) is 0. The molecule has 1 atom stereocenters. The van der Waals surface area contributed by atoms with Crippen LogP contribution in [0.1, 0.15) is 6.42 Å². The number of esters is 1. The second-order valence-electron chi connectivity index (χ2n) is 3.50. The summed E-state index contributed by atoms with van der Waals surface area (Å²) in [4.78, 5) is 11.0. The predicted molar refractivity (Wildman–Crippen MR) is 57.8 cm³/mol. The SMILES string of the molecule is C=C(C(=O)OCC1CSCCCO1)C(F)(F)F. The molecular weight excluding hydrogens is 257 g/mol. The summed E-state index contributed by atoms with van der Waals surface area (Å²) in [5.74, 6) is 0.126. The van der Waals surface area contributed by atoms with Gasteiger partial charge in [0.15, 0.2) is 0 Å². The number of alkyl halides is 3. The largest absolute Gasteiger partial charge is 0.459 e. The van der Waals surface area contributed by atoms with Crippen molar-refractivity contribution < 1.29 is 27.4 Å². The van der Waals surface area contributed by atoms with Crippen LogP contribution in [0.25, 0.3) is 0 Å². The lowest BCUT2D eigenvalue weighted by molar-refractivity contribution is -0.153. The minimum absolute atomic E-state index is 0.166. The normalized spacial score (nSPS) is 21.7. The number of rotatable bonds is 3. The van der Waals surface area contributed by atoms with Crippen molar-refractivity contribution >= 4 is 17.7 Å². The second kappa shape index (κ2) is 6.30. The van der Waals surface area contributed by atoms with Gasteiger partial charge in [-0.25, -0.2) is 4.79 Å². The van der Waals surface area contributed by atoms with E-state index in [4.69, 9.17) is 4.74 Å². The highest BCUT2D eigenvalue weighted by molar-refractivity contribution is 7.99. The molecule has 17 heavy (non-hydrogen) atoms. The smallest absolute Gasteiger partial charge is 0.422 e. The van der Waals surface area contributed by atoms with E-state index in [-0.39, 0.29) is 12.7 Å². The minimum Gasteiger partial charge on any atom is -0.459 e. The third kappa shape index (κ3) is 4.99. The molecule has 0 radical (unpaired) electrons. The average Bonchev–Trinajstić information content (AvgIpc) is 2.51. The van der Waals surface area contributed by atoms with Crippen molar-refractivity contribution in [2.24, 2.45) is 0 Å². The first-order chi connectivity index (χ1) is 7.91. The molecule has 0 amide bonds. The van der Waals surface area contributed by atoms with Gasteiger partial charge in [0.1, 0.15) is 18.3 Å². The van der Waals surface area contributed by atoms with E-state index in [2.05, 4.69) is 11.3 Å². The Morgan fingerprint density at radius 1 is 1.53 bits per heavy atom. The average molecular weight is 270 g/mol. The number of hydrogen-bond acceptors (Lipinski definition) is 4. The Bertz CT molecular complexity index is 283. The van der Waals surface area contributed by atoms with Crippen molar-refractivity contribution in [3.63, 3.8) is 0 Å². The van der Waals surface area contributed by atoms with E-state index >= 15 is 0 Å². The van der Waals surface area contributed by atoms with Gasteiger partial charge in [-0.15, -0.1) is 0 Å². The molecule has 1 aliphatic heterocycles. The number of carbonyl (C=O) groups excluding carboxylic acids is 1. The zero-order chi connectivity index (χ0) is 12.9. The third-order valence-electron chi connectivity index (χ3n) is 2.08. The molecule has 0 aliphatic carbocycles. The maximum Gasteiger partial charge on any atom is 0.422 e. The summed E-state index contributed by atoms with van der Waals surface area (Å²) in [6.07, 6.45) is -4.19. The van der Waals surface area contributed by atoms with E-state index in [0.717, 1.165) is 12.2 Å². The lowest BCUT2D eigenvalue weighted by Crippen LogP contribution is -2.27. The molecule has 0 aromatic rings. The lowest BCUT2D eigenvalue weighted by Gasteiger charge is -2.15. The van der Waals surface area contributed by atoms with E-state index < -0.39 is 17.7 Å². The van der Waals surface area contributed by atoms with Gasteiger partial charge in [0.25, 0.3) is 0 Å². The van der Waals surface area contributed by atoms with Crippen LogP contribution in [0.3, 0.4) is 0 Å². The van der Waals surface area contributed by atoms with E-state index in [1.54, 1.807) is 11.8 Å². The molecule has 0 saturated carbocycles. The molecule has 98 valence electrons. The number of halogens is 3. The first-order valence-electron chi connectivity index (χ1n) is 5.04. The first-order valence-corrected chi connectivity index (χ1v) is 6.19. The Morgan fingerprint density at radius 2 is 2.24 bits per heavy atom. The molecule has 0 bridgehead atoms. The van der Waals surface area contributed by atoms with Crippen molar-refractivity contribution in [1.29, 1.82) is 0 Å². The zero-order valence-corrected chi connectivity index (χ0v) is 9.90. The van der Waals surface area contributed by atoms with Crippen LogP contribution < -0.4 is 0 Å². The molecule has 0 aromatic carbocycles. The Hall–Kier alpha value is -0.690. The molecule has 1 heterocycles. The predicted octanol–water partition coefficient (Wildman–Crippen LogP) is 2.17. The fourth-order valence-corrected chi connectivity index (χ4v) is 2.09. The van der Waals surface area contributed by atoms with Crippen LogP contribution in [-0.4, -0.2) is 43.0 Å². The summed E-state index contributed by atoms with van der Waals surface area (Å²) < 4.78 is 46.1. The lowest BCUT2D eigenvalue weighted by atomic mass is 10.3. The van der Waals surface area contributed by atoms with Gasteiger partial charge in [0.05, 0.1) is 0 Å². The number of ether oxygens (including phenoxy) is 2. The molecule has 1 aliphatic rings. The number of thioether (sulfide) groups is 1. The van der Waals surface area contributed by atoms with Crippen LogP contribution in [0, 0.1) is 0 Å². The highest BCUT2D eigenvalue weighted by Gasteiger charge is 2.38. The van der Waals surface area contributed by atoms with Crippen LogP contribution in [-0.2, 0) is 14.3 Å². The van der Waals surface area contributed by atoms with Crippen molar-refractivity contribution in [2.75, 3.05) is 24.7 Å². The second-order valence-corrected chi connectivity index (χ2v) is 4.65. The maximum absolute atomic E-state index is 12.1. The summed E-state index contributed by atoms with van der Waals surface area (Å²) in [5.41, 5.74) is -1.49. The Labute approximate surface area is 101 Å². The molecule has 0 aromatic heterocycles. The molecule has 0 N–H and O–H groups in total. The van der Waals surface area contributed by atoms with Crippen LogP contribution in [0.15, 0.2) is 12.2 Å². The topological polar surface area (TPSA) is 35.5 Å². The van der Waals surface area contributed by atoms with Crippen LogP contribution >= 0.6 is 11.8 Å². The quantitative estimate of drug-likeness (QED) is 0.581. The molecule has 7 heteroatoms. The summed E-state index contributed by atoms with van der Waals surface area (Å²) in [6.45, 7) is 3.03. The van der Waals surface area contributed by atoms with Crippen molar-refractivity contribution in [3.05, 3.63) is 12.2 Å². The van der Waals surface area contributed by atoms with E-state index in [0.29, 0.717) is 12.4 Å².